The SMILES string of the molecule is Cc1ccc(C(=S)Nc2ccc3c(c2)OCCO3)cc1. The standard InChI is InChI=1S/C16H15NO2S/c1-11-2-4-12(5-3-11)16(20)17-13-6-7-14-15(10-13)19-9-8-18-14/h2-7,10H,8-9H2,1H3,(H,17,20). The Morgan fingerprint density at radius 2 is 1.70 bits per heavy atom. The van der Waals surface area contributed by atoms with Crippen molar-refractivity contribution in [2.24, 2.45) is 0 Å². The van der Waals surface area contributed by atoms with Crippen molar-refractivity contribution in [1.29, 1.82) is 0 Å². The Morgan fingerprint density at radius 1 is 1.00 bits per heavy atom. The minimum Gasteiger partial charge on any atom is -0.486 e. The quantitative estimate of drug-likeness (QED) is 0.855. The highest BCUT2D eigenvalue weighted by molar-refractivity contribution is 7.81. The molecule has 20 heavy (non-hydrogen) atoms. The number of rotatable bonds is 2. The summed E-state index contributed by atoms with van der Waals surface area (Å²) in [7, 11) is 0. The van der Waals surface area contributed by atoms with E-state index in [2.05, 4.69) is 12.2 Å². The Balaban J connectivity index is 1.77. The number of aryl methyl sites for hydroxylation is 1. The first-order valence-electron chi connectivity index (χ1n) is 6.50. The Bertz CT molecular complexity index is 637. The van der Waals surface area contributed by atoms with Gasteiger partial charge in [0.25, 0.3) is 0 Å². The van der Waals surface area contributed by atoms with Crippen molar-refractivity contribution in [2.45, 2.75) is 6.92 Å². The molecule has 0 radical (unpaired) electrons. The number of thiocarbonyl (C=S) groups is 1. The maximum absolute atomic E-state index is 5.56. The van der Waals surface area contributed by atoms with E-state index in [1.807, 2.05) is 42.5 Å². The monoisotopic (exact) mass is 285 g/mol. The van der Waals surface area contributed by atoms with Crippen molar-refractivity contribution in [3.63, 3.8) is 0 Å². The number of benzene rings is 2. The number of nitrogens with one attached hydrogen (secondary N) is 1. The number of hydrogen-bond acceptors (Lipinski definition) is 3. The van der Waals surface area contributed by atoms with Crippen LogP contribution in [0.4, 0.5) is 5.69 Å². The van der Waals surface area contributed by atoms with Crippen molar-refractivity contribution >= 4 is 22.9 Å². The van der Waals surface area contributed by atoms with Crippen LogP contribution in [0, 0.1) is 6.92 Å². The Labute approximate surface area is 123 Å². The molecule has 1 aliphatic heterocycles. The molecular formula is C16H15NO2S. The third-order valence-electron chi connectivity index (χ3n) is 3.11. The zero-order valence-electron chi connectivity index (χ0n) is 11.2. The van der Waals surface area contributed by atoms with Crippen molar-refractivity contribution in [3.8, 4) is 11.5 Å². The summed E-state index contributed by atoms with van der Waals surface area (Å²) >= 11 is 5.42. The van der Waals surface area contributed by atoms with E-state index >= 15 is 0 Å². The average molecular weight is 285 g/mol. The van der Waals surface area contributed by atoms with Gasteiger partial charge in [0.1, 0.15) is 18.2 Å². The number of ether oxygens (including phenoxy) is 2. The molecule has 0 saturated heterocycles. The third kappa shape index (κ3) is 2.75. The zero-order valence-corrected chi connectivity index (χ0v) is 12.0. The molecule has 0 saturated carbocycles. The molecule has 0 aromatic heterocycles. The summed E-state index contributed by atoms with van der Waals surface area (Å²) in [5, 5.41) is 3.22. The largest absolute Gasteiger partial charge is 0.486 e. The van der Waals surface area contributed by atoms with Crippen LogP contribution in [0.15, 0.2) is 42.5 Å². The Hall–Kier alpha value is -2.07. The van der Waals surface area contributed by atoms with Crippen molar-refractivity contribution < 1.29 is 9.47 Å². The lowest BCUT2D eigenvalue weighted by atomic mass is 10.1. The van der Waals surface area contributed by atoms with Crippen LogP contribution in [-0.2, 0) is 0 Å². The second kappa shape index (κ2) is 5.51. The summed E-state index contributed by atoms with van der Waals surface area (Å²) in [6.07, 6.45) is 0. The van der Waals surface area contributed by atoms with E-state index in [0.717, 1.165) is 22.7 Å². The van der Waals surface area contributed by atoms with Crippen molar-refractivity contribution in [3.05, 3.63) is 53.6 Å². The highest BCUT2D eigenvalue weighted by Crippen LogP contribution is 2.32. The first kappa shape index (κ1) is 12.9. The lowest BCUT2D eigenvalue weighted by molar-refractivity contribution is 0.171. The molecule has 0 unspecified atom stereocenters. The number of fused-ring (bicyclic) bond motifs is 1. The van der Waals surface area contributed by atoms with Gasteiger partial charge in [-0.05, 0) is 19.1 Å². The molecule has 4 heteroatoms. The molecule has 0 aliphatic carbocycles. The van der Waals surface area contributed by atoms with Gasteiger partial charge < -0.3 is 14.8 Å². The molecule has 0 atom stereocenters. The Kier molecular flexibility index (Phi) is 3.56. The first-order valence-corrected chi connectivity index (χ1v) is 6.91. The highest BCUT2D eigenvalue weighted by Gasteiger charge is 2.12. The second-order valence-corrected chi connectivity index (χ2v) is 5.09. The fourth-order valence-corrected chi connectivity index (χ4v) is 2.28. The van der Waals surface area contributed by atoms with Gasteiger partial charge in [0.2, 0.25) is 0 Å². The topological polar surface area (TPSA) is 30.5 Å². The third-order valence-corrected chi connectivity index (χ3v) is 3.45. The predicted molar refractivity (Wildman–Crippen MR) is 83.9 cm³/mol. The highest BCUT2D eigenvalue weighted by atomic mass is 32.1. The fraction of sp³-hybridized carbons (Fsp3) is 0.188. The molecule has 2 aromatic rings. The van der Waals surface area contributed by atoms with Gasteiger partial charge >= 0.3 is 0 Å². The van der Waals surface area contributed by atoms with Gasteiger partial charge in [-0.3, -0.25) is 0 Å². The summed E-state index contributed by atoms with van der Waals surface area (Å²) in [5.41, 5.74) is 3.12. The molecule has 3 rings (SSSR count). The molecule has 1 N–H and O–H groups in total. The summed E-state index contributed by atoms with van der Waals surface area (Å²) in [5.74, 6) is 1.54. The minimum absolute atomic E-state index is 0.582. The van der Waals surface area contributed by atoms with E-state index in [9.17, 15) is 0 Å². The van der Waals surface area contributed by atoms with Crippen LogP contribution in [0.25, 0.3) is 0 Å². The maximum atomic E-state index is 5.56. The molecule has 0 spiro atoms. The smallest absolute Gasteiger partial charge is 0.163 e. The summed E-state index contributed by atoms with van der Waals surface area (Å²) in [6.45, 7) is 3.24. The van der Waals surface area contributed by atoms with Crippen LogP contribution in [0.5, 0.6) is 11.5 Å². The fourth-order valence-electron chi connectivity index (χ4n) is 2.03. The van der Waals surface area contributed by atoms with Gasteiger partial charge in [0, 0.05) is 17.3 Å². The summed E-state index contributed by atoms with van der Waals surface area (Å²) in [6, 6.07) is 13.9. The predicted octanol–water partition coefficient (Wildman–Crippen LogP) is 3.55. The van der Waals surface area contributed by atoms with Gasteiger partial charge in [-0.2, -0.15) is 0 Å². The van der Waals surface area contributed by atoms with Gasteiger partial charge in [0.15, 0.2) is 11.5 Å². The van der Waals surface area contributed by atoms with Crippen LogP contribution >= 0.6 is 12.2 Å². The van der Waals surface area contributed by atoms with Gasteiger partial charge in [-0.25, -0.2) is 0 Å². The molecule has 1 aliphatic rings. The molecule has 0 amide bonds. The molecule has 3 nitrogen and oxygen atoms in total. The first-order chi connectivity index (χ1) is 9.72. The van der Waals surface area contributed by atoms with E-state index < -0.39 is 0 Å². The summed E-state index contributed by atoms with van der Waals surface area (Å²) < 4.78 is 11.1. The molecule has 0 bridgehead atoms. The number of hydrogen-bond donors (Lipinski definition) is 1. The second-order valence-electron chi connectivity index (χ2n) is 4.68. The van der Waals surface area contributed by atoms with Crippen molar-refractivity contribution in [2.75, 3.05) is 18.5 Å². The minimum atomic E-state index is 0.582. The lowest BCUT2D eigenvalue weighted by Crippen LogP contribution is -2.16. The summed E-state index contributed by atoms with van der Waals surface area (Å²) in [4.78, 5) is 0.696. The van der Waals surface area contributed by atoms with Gasteiger partial charge in [-0.15, -0.1) is 0 Å². The van der Waals surface area contributed by atoms with Crippen LogP contribution in [-0.4, -0.2) is 18.2 Å². The normalized spacial score (nSPS) is 12.8. The van der Waals surface area contributed by atoms with Crippen LogP contribution in [0.2, 0.25) is 0 Å². The van der Waals surface area contributed by atoms with E-state index in [4.69, 9.17) is 21.7 Å². The van der Waals surface area contributed by atoms with Crippen molar-refractivity contribution in [1.82, 2.24) is 0 Å². The van der Waals surface area contributed by atoms with Crippen LogP contribution < -0.4 is 14.8 Å². The van der Waals surface area contributed by atoms with E-state index in [0.29, 0.717) is 18.2 Å². The Morgan fingerprint density at radius 3 is 2.45 bits per heavy atom. The van der Waals surface area contributed by atoms with E-state index in [1.54, 1.807) is 0 Å². The lowest BCUT2D eigenvalue weighted by Gasteiger charge is -2.19. The molecule has 1 heterocycles. The molecule has 2 aromatic carbocycles. The average Bonchev–Trinajstić information content (AvgIpc) is 2.48. The van der Waals surface area contributed by atoms with Crippen LogP contribution in [0.3, 0.4) is 0 Å². The molecule has 0 fully saturated rings. The molecule has 102 valence electrons. The van der Waals surface area contributed by atoms with E-state index in [1.165, 1.54) is 5.56 Å². The zero-order chi connectivity index (χ0) is 13.9. The van der Waals surface area contributed by atoms with Gasteiger partial charge in [0.05, 0.1) is 0 Å². The van der Waals surface area contributed by atoms with E-state index in [-0.39, 0.29) is 0 Å². The van der Waals surface area contributed by atoms with Gasteiger partial charge in [-0.1, -0.05) is 42.0 Å². The van der Waals surface area contributed by atoms with Crippen LogP contribution in [0.1, 0.15) is 11.1 Å². The number of anilines is 1. The maximum Gasteiger partial charge on any atom is 0.163 e. The molecular weight excluding hydrogens is 270 g/mol.